The van der Waals surface area contributed by atoms with Crippen LogP contribution in [0, 0.1) is 34.1 Å². The summed E-state index contributed by atoms with van der Waals surface area (Å²) in [5.74, 6) is -1.52. The maximum absolute atomic E-state index is 12.0. The van der Waals surface area contributed by atoms with Gasteiger partial charge >= 0.3 is 16.4 Å². The predicted octanol–water partition coefficient (Wildman–Crippen LogP) is 2.75. The summed E-state index contributed by atoms with van der Waals surface area (Å²) in [6.07, 6.45) is 0. The highest BCUT2D eigenvalue weighted by Crippen LogP contribution is 2.35. The van der Waals surface area contributed by atoms with Crippen molar-refractivity contribution in [3.63, 3.8) is 0 Å². The van der Waals surface area contributed by atoms with Crippen LogP contribution in [-0.2, 0) is 14.6 Å². The van der Waals surface area contributed by atoms with E-state index >= 15 is 0 Å². The Kier molecular flexibility index (Phi) is 5.23. The monoisotopic (exact) mass is 396 g/mol. The normalized spacial score (nSPS) is 11.1. The summed E-state index contributed by atoms with van der Waals surface area (Å²) in [6, 6.07) is 5.75. The van der Waals surface area contributed by atoms with Crippen molar-refractivity contribution in [1.29, 1.82) is 0 Å². The molecule has 0 saturated heterocycles. The van der Waals surface area contributed by atoms with Gasteiger partial charge in [-0.05, 0) is 36.1 Å². The van der Waals surface area contributed by atoms with Crippen LogP contribution in [0.5, 0.6) is 0 Å². The van der Waals surface area contributed by atoms with E-state index in [4.69, 9.17) is 4.55 Å². The van der Waals surface area contributed by atoms with Crippen molar-refractivity contribution < 1.29 is 31.8 Å². The number of nitrogens with zero attached hydrogens (tertiary/aromatic N) is 2. The van der Waals surface area contributed by atoms with Crippen LogP contribution in [0.3, 0.4) is 0 Å². The molecule has 2 rings (SSSR count). The average molecular weight is 396 g/mol. The largest absolute Gasteiger partial charge is 0.449 e. The van der Waals surface area contributed by atoms with E-state index in [0.29, 0.717) is 5.56 Å². The maximum Gasteiger partial charge on any atom is 0.449 e. The van der Waals surface area contributed by atoms with Crippen molar-refractivity contribution in [2.75, 3.05) is 0 Å². The first-order valence-corrected chi connectivity index (χ1v) is 8.53. The van der Waals surface area contributed by atoms with Gasteiger partial charge in [0.2, 0.25) is 0 Å². The van der Waals surface area contributed by atoms with E-state index in [1.807, 2.05) is 0 Å². The van der Waals surface area contributed by atoms with Crippen LogP contribution in [0.1, 0.15) is 21.5 Å². The zero-order chi connectivity index (χ0) is 20.5. The molecule has 0 aliphatic carbocycles. The third-order valence-corrected chi connectivity index (χ3v) is 4.09. The molecule has 0 spiro atoms. The van der Waals surface area contributed by atoms with Gasteiger partial charge in [0.25, 0.3) is 11.4 Å². The summed E-state index contributed by atoms with van der Waals surface area (Å²) in [5.41, 5.74) is -0.370. The van der Waals surface area contributed by atoms with Gasteiger partial charge in [-0.3, -0.25) is 24.8 Å². The number of hydrogen-bond donors (Lipinski definition) is 1. The van der Waals surface area contributed by atoms with Gasteiger partial charge in [0, 0.05) is 24.3 Å². The van der Waals surface area contributed by atoms with Crippen LogP contribution in [0.25, 0.3) is 11.1 Å². The number of carbonyl (C=O) groups excluding carboxylic acids is 1. The number of rotatable bonds is 5. The van der Waals surface area contributed by atoms with Crippen molar-refractivity contribution in [3.05, 3.63) is 67.3 Å². The SMILES string of the molecule is Cc1ccc([N+](=O)[O-])cc1-c1cc([N+](=O)[O-])cc(C(=O)OS(=O)(=O)O)c1C. The molecule has 0 bridgehead atoms. The van der Waals surface area contributed by atoms with E-state index in [2.05, 4.69) is 4.18 Å². The number of carbonyl (C=O) groups is 1. The standard InChI is InChI=1S/C15H12N2O9S/c1-8-3-4-10(16(19)20)5-12(8)13-6-11(17(21)22)7-14(9(13)2)15(18)26-27(23,24)25/h3-7H,1-2H3,(H,23,24,25). The lowest BCUT2D eigenvalue weighted by Crippen LogP contribution is -2.14. The second-order valence-corrected chi connectivity index (χ2v) is 6.50. The van der Waals surface area contributed by atoms with Gasteiger partial charge in [0.1, 0.15) is 0 Å². The highest BCUT2D eigenvalue weighted by atomic mass is 32.3. The second-order valence-electron chi connectivity index (χ2n) is 5.48. The van der Waals surface area contributed by atoms with Gasteiger partial charge < -0.3 is 4.18 Å². The zero-order valence-electron chi connectivity index (χ0n) is 13.9. The van der Waals surface area contributed by atoms with Gasteiger partial charge in [0.05, 0.1) is 15.4 Å². The van der Waals surface area contributed by atoms with Crippen molar-refractivity contribution in [2.24, 2.45) is 0 Å². The quantitative estimate of drug-likeness (QED) is 0.454. The Bertz CT molecular complexity index is 1080. The van der Waals surface area contributed by atoms with Crippen LogP contribution in [0.4, 0.5) is 11.4 Å². The zero-order valence-corrected chi connectivity index (χ0v) is 14.7. The lowest BCUT2D eigenvalue weighted by Gasteiger charge is -2.12. The van der Waals surface area contributed by atoms with Gasteiger partial charge in [-0.15, -0.1) is 0 Å². The van der Waals surface area contributed by atoms with E-state index in [1.165, 1.54) is 25.1 Å². The smallest absolute Gasteiger partial charge is 0.320 e. The Hall–Kier alpha value is -3.38. The Morgan fingerprint density at radius 2 is 1.56 bits per heavy atom. The van der Waals surface area contributed by atoms with Crippen molar-refractivity contribution in [3.8, 4) is 11.1 Å². The molecule has 0 unspecified atom stereocenters. The molecule has 0 saturated carbocycles. The molecule has 1 N–H and O–H groups in total. The second kappa shape index (κ2) is 7.09. The molecule has 12 heteroatoms. The molecule has 27 heavy (non-hydrogen) atoms. The Balaban J connectivity index is 2.78. The van der Waals surface area contributed by atoms with Crippen molar-refractivity contribution >= 4 is 27.7 Å². The third kappa shape index (κ3) is 4.43. The number of aryl methyl sites for hydroxylation is 1. The first-order chi connectivity index (χ1) is 12.4. The lowest BCUT2D eigenvalue weighted by molar-refractivity contribution is -0.385. The highest BCUT2D eigenvalue weighted by Gasteiger charge is 2.25. The molecule has 0 amide bonds. The minimum absolute atomic E-state index is 0.0813. The van der Waals surface area contributed by atoms with Gasteiger partial charge in [-0.25, -0.2) is 4.79 Å². The van der Waals surface area contributed by atoms with E-state index in [0.717, 1.165) is 12.1 Å². The number of nitro benzene ring substituents is 2. The van der Waals surface area contributed by atoms with Crippen LogP contribution in [0.15, 0.2) is 30.3 Å². The molecule has 0 aromatic heterocycles. The number of nitro groups is 2. The molecule has 0 aliphatic heterocycles. The summed E-state index contributed by atoms with van der Waals surface area (Å²) in [6.45, 7) is 2.96. The number of benzene rings is 2. The molecule has 0 atom stereocenters. The minimum Gasteiger partial charge on any atom is -0.320 e. The third-order valence-electron chi connectivity index (χ3n) is 3.73. The fraction of sp³-hybridized carbons (Fsp3) is 0.133. The van der Waals surface area contributed by atoms with E-state index in [-0.39, 0.29) is 22.4 Å². The Morgan fingerprint density at radius 3 is 2.07 bits per heavy atom. The number of hydrogen-bond acceptors (Lipinski definition) is 8. The van der Waals surface area contributed by atoms with Crippen molar-refractivity contribution in [2.45, 2.75) is 13.8 Å². The summed E-state index contributed by atoms with van der Waals surface area (Å²) < 4.78 is 34.1. The Morgan fingerprint density at radius 1 is 1.00 bits per heavy atom. The van der Waals surface area contributed by atoms with Crippen LogP contribution < -0.4 is 0 Å². The van der Waals surface area contributed by atoms with E-state index < -0.39 is 37.5 Å². The van der Waals surface area contributed by atoms with Gasteiger partial charge in [-0.2, -0.15) is 8.42 Å². The van der Waals surface area contributed by atoms with Crippen LogP contribution in [-0.4, -0.2) is 28.8 Å². The van der Waals surface area contributed by atoms with Gasteiger partial charge in [-0.1, -0.05) is 6.07 Å². The minimum atomic E-state index is -5.13. The topological polar surface area (TPSA) is 167 Å². The Labute approximate surface area is 152 Å². The molecule has 142 valence electrons. The highest BCUT2D eigenvalue weighted by molar-refractivity contribution is 7.81. The molecule has 0 aliphatic rings. The van der Waals surface area contributed by atoms with Crippen LogP contribution >= 0.6 is 0 Å². The molecular formula is C15H12N2O9S. The maximum atomic E-state index is 12.0. The lowest BCUT2D eigenvalue weighted by atomic mass is 9.92. The summed E-state index contributed by atoms with van der Waals surface area (Å²) in [7, 11) is -5.13. The fourth-order valence-corrected chi connectivity index (χ4v) is 2.73. The predicted molar refractivity (Wildman–Crippen MR) is 91.6 cm³/mol. The molecule has 2 aromatic carbocycles. The summed E-state index contributed by atoms with van der Waals surface area (Å²) in [4.78, 5) is 32.7. The average Bonchev–Trinajstić information content (AvgIpc) is 2.53. The van der Waals surface area contributed by atoms with E-state index in [9.17, 15) is 33.4 Å². The first kappa shape index (κ1) is 19.9. The molecule has 2 aromatic rings. The summed E-state index contributed by atoms with van der Waals surface area (Å²) in [5, 5.41) is 22.2. The molecule has 11 nitrogen and oxygen atoms in total. The molecule has 0 fully saturated rings. The molecular weight excluding hydrogens is 384 g/mol. The fourth-order valence-electron chi connectivity index (χ4n) is 2.45. The number of non-ortho nitro benzene ring substituents is 2. The molecule has 0 radical (unpaired) electrons. The summed E-state index contributed by atoms with van der Waals surface area (Å²) >= 11 is 0. The van der Waals surface area contributed by atoms with Gasteiger partial charge in [0.15, 0.2) is 0 Å². The molecule has 0 heterocycles. The van der Waals surface area contributed by atoms with Crippen LogP contribution in [0.2, 0.25) is 0 Å². The first-order valence-electron chi connectivity index (χ1n) is 7.16. The van der Waals surface area contributed by atoms with E-state index in [1.54, 1.807) is 6.92 Å². The van der Waals surface area contributed by atoms with Crippen molar-refractivity contribution in [1.82, 2.24) is 0 Å².